The third kappa shape index (κ3) is 2.89. The zero-order chi connectivity index (χ0) is 13.8. The van der Waals surface area contributed by atoms with Crippen LogP contribution in [0.4, 0.5) is 5.69 Å². The highest BCUT2D eigenvalue weighted by Gasteiger charge is 2.12. The van der Waals surface area contributed by atoms with E-state index in [-0.39, 0.29) is 23.7 Å². The number of nitrogens with two attached hydrogens (primary N) is 1. The number of furan rings is 1. The molecule has 0 aliphatic heterocycles. The molecule has 2 aromatic rings. The van der Waals surface area contributed by atoms with Crippen LogP contribution in [0.2, 0.25) is 0 Å². The van der Waals surface area contributed by atoms with Crippen molar-refractivity contribution in [3.63, 3.8) is 0 Å². The van der Waals surface area contributed by atoms with Crippen LogP contribution in [0, 0.1) is 0 Å². The monoisotopic (exact) mass is 261 g/mol. The Balaban J connectivity index is 2.00. The number of pyridine rings is 1. The van der Waals surface area contributed by atoms with E-state index in [9.17, 15) is 9.59 Å². The summed E-state index contributed by atoms with van der Waals surface area (Å²) in [6, 6.07) is 5.99. The minimum Gasteiger partial charge on any atom is -0.475 e. The summed E-state index contributed by atoms with van der Waals surface area (Å²) in [6.07, 6.45) is 1.46. The lowest BCUT2D eigenvalue weighted by Gasteiger charge is -2.04. The smallest absolute Gasteiger partial charge is 0.371 e. The van der Waals surface area contributed by atoms with Crippen LogP contribution in [-0.4, -0.2) is 22.0 Å². The number of anilines is 1. The van der Waals surface area contributed by atoms with E-state index in [0.717, 1.165) is 0 Å². The molecule has 0 aliphatic carbocycles. The second kappa shape index (κ2) is 5.21. The molecule has 0 aromatic carbocycles. The molecule has 4 N–H and O–H groups in total. The molecule has 2 heterocycles. The van der Waals surface area contributed by atoms with Crippen molar-refractivity contribution in [1.29, 1.82) is 0 Å². The number of carbonyl (C=O) groups excluding carboxylic acids is 1. The summed E-state index contributed by atoms with van der Waals surface area (Å²) in [4.78, 5) is 26.2. The molecule has 0 saturated heterocycles. The molecule has 0 saturated carbocycles. The Hall–Kier alpha value is -2.83. The van der Waals surface area contributed by atoms with Crippen LogP contribution in [0.5, 0.6) is 0 Å². The minimum absolute atomic E-state index is 0.0577. The number of nitrogens with zero attached hydrogens (tertiary/aromatic N) is 1. The number of carbonyl (C=O) groups is 2. The highest BCUT2D eigenvalue weighted by molar-refractivity contribution is 5.96. The summed E-state index contributed by atoms with van der Waals surface area (Å²) in [6.45, 7) is 0.0577. The molecule has 0 bridgehead atoms. The maximum atomic E-state index is 11.8. The molecule has 0 unspecified atom stereocenters. The Kier molecular flexibility index (Phi) is 3.46. The second-order valence-electron chi connectivity index (χ2n) is 3.70. The van der Waals surface area contributed by atoms with Crippen molar-refractivity contribution in [2.45, 2.75) is 6.54 Å². The number of hydrogen-bond donors (Lipinski definition) is 3. The Bertz CT molecular complexity index is 621. The van der Waals surface area contributed by atoms with Crippen molar-refractivity contribution in [3.05, 3.63) is 47.7 Å². The molecule has 0 radical (unpaired) electrons. The maximum Gasteiger partial charge on any atom is 0.371 e. The number of rotatable bonds is 4. The Morgan fingerprint density at radius 1 is 1.37 bits per heavy atom. The normalized spacial score (nSPS) is 10.1. The lowest BCUT2D eigenvalue weighted by molar-refractivity contribution is 0.0660. The fraction of sp³-hybridized carbons (Fsp3) is 0.0833. The van der Waals surface area contributed by atoms with E-state index < -0.39 is 11.9 Å². The third-order valence-electron chi connectivity index (χ3n) is 2.35. The first kappa shape index (κ1) is 12.6. The molecule has 0 fully saturated rings. The zero-order valence-corrected chi connectivity index (χ0v) is 9.79. The van der Waals surface area contributed by atoms with Gasteiger partial charge in [0.25, 0.3) is 5.91 Å². The molecule has 19 heavy (non-hydrogen) atoms. The van der Waals surface area contributed by atoms with E-state index in [1.807, 2.05) is 0 Å². The molecular weight excluding hydrogens is 250 g/mol. The number of nitrogens with one attached hydrogen (secondary N) is 1. The molecule has 98 valence electrons. The molecule has 0 spiro atoms. The van der Waals surface area contributed by atoms with E-state index in [2.05, 4.69) is 10.3 Å². The molecule has 7 heteroatoms. The lowest BCUT2D eigenvalue weighted by Crippen LogP contribution is -2.24. The summed E-state index contributed by atoms with van der Waals surface area (Å²) in [5.41, 5.74) is 6.00. The average molecular weight is 261 g/mol. The van der Waals surface area contributed by atoms with Gasteiger partial charge < -0.3 is 20.6 Å². The number of hydrogen-bond acceptors (Lipinski definition) is 5. The molecule has 7 nitrogen and oxygen atoms in total. The van der Waals surface area contributed by atoms with Crippen molar-refractivity contribution in [3.8, 4) is 0 Å². The van der Waals surface area contributed by atoms with Gasteiger partial charge in [-0.3, -0.25) is 4.79 Å². The Morgan fingerprint density at radius 2 is 2.16 bits per heavy atom. The van der Waals surface area contributed by atoms with Crippen LogP contribution in [0.15, 0.2) is 34.9 Å². The maximum absolute atomic E-state index is 11.8. The van der Waals surface area contributed by atoms with Crippen molar-refractivity contribution >= 4 is 17.6 Å². The van der Waals surface area contributed by atoms with Gasteiger partial charge in [-0.15, -0.1) is 0 Å². The first-order valence-electron chi connectivity index (χ1n) is 5.38. The van der Waals surface area contributed by atoms with E-state index in [1.165, 1.54) is 18.3 Å². The number of carboxylic acids is 1. The molecule has 0 aliphatic rings. The largest absolute Gasteiger partial charge is 0.475 e. The van der Waals surface area contributed by atoms with Crippen LogP contribution in [-0.2, 0) is 6.54 Å². The number of aromatic nitrogens is 1. The number of amides is 1. The fourth-order valence-electron chi connectivity index (χ4n) is 1.45. The van der Waals surface area contributed by atoms with E-state index in [1.54, 1.807) is 12.1 Å². The van der Waals surface area contributed by atoms with Gasteiger partial charge >= 0.3 is 5.97 Å². The Morgan fingerprint density at radius 3 is 2.79 bits per heavy atom. The van der Waals surface area contributed by atoms with Gasteiger partial charge in [-0.2, -0.15) is 0 Å². The molecule has 1 amide bonds. The first-order valence-corrected chi connectivity index (χ1v) is 5.38. The molecule has 2 rings (SSSR count). The summed E-state index contributed by atoms with van der Waals surface area (Å²) < 4.78 is 5.00. The summed E-state index contributed by atoms with van der Waals surface area (Å²) in [5.74, 6) is -1.46. The topological polar surface area (TPSA) is 118 Å². The fourth-order valence-corrected chi connectivity index (χ4v) is 1.45. The van der Waals surface area contributed by atoms with Crippen LogP contribution >= 0.6 is 0 Å². The predicted octanol–water partition coefficient (Wildman–Crippen LogP) is 0.885. The highest BCUT2D eigenvalue weighted by Crippen LogP contribution is 2.09. The standard InChI is InChI=1S/C12H11N3O4/c13-8-2-1-5-14-10(8)11(16)15-6-7-3-4-9(19-7)12(17)18/h1-5H,6,13H2,(H,15,16)(H,17,18). The van der Waals surface area contributed by atoms with Gasteiger partial charge in [0.05, 0.1) is 12.2 Å². The first-order chi connectivity index (χ1) is 9.08. The molecule has 2 aromatic heterocycles. The van der Waals surface area contributed by atoms with Gasteiger partial charge in [0.2, 0.25) is 5.76 Å². The zero-order valence-electron chi connectivity index (χ0n) is 9.79. The highest BCUT2D eigenvalue weighted by atomic mass is 16.4. The third-order valence-corrected chi connectivity index (χ3v) is 2.35. The van der Waals surface area contributed by atoms with Crippen molar-refractivity contribution in [2.75, 3.05) is 5.73 Å². The minimum atomic E-state index is -1.16. The van der Waals surface area contributed by atoms with E-state index in [0.29, 0.717) is 5.76 Å². The van der Waals surface area contributed by atoms with Crippen LogP contribution < -0.4 is 11.1 Å². The van der Waals surface area contributed by atoms with Gasteiger partial charge in [-0.1, -0.05) is 0 Å². The quantitative estimate of drug-likeness (QED) is 0.751. The van der Waals surface area contributed by atoms with E-state index >= 15 is 0 Å². The van der Waals surface area contributed by atoms with Gasteiger partial charge in [0.15, 0.2) is 5.69 Å². The van der Waals surface area contributed by atoms with Gasteiger partial charge in [-0.25, -0.2) is 9.78 Å². The van der Waals surface area contributed by atoms with E-state index in [4.69, 9.17) is 15.3 Å². The predicted molar refractivity (Wildman–Crippen MR) is 65.5 cm³/mol. The SMILES string of the molecule is Nc1cccnc1C(=O)NCc1ccc(C(=O)O)o1. The molecule has 0 atom stereocenters. The Labute approximate surface area is 108 Å². The van der Waals surface area contributed by atoms with Crippen molar-refractivity contribution in [1.82, 2.24) is 10.3 Å². The molecular formula is C12H11N3O4. The summed E-state index contributed by atoms with van der Waals surface area (Å²) >= 11 is 0. The average Bonchev–Trinajstić information content (AvgIpc) is 2.85. The van der Waals surface area contributed by atoms with Crippen molar-refractivity contribution < 1.29 is 19.1 Å². The number of aromatic carboxylic acids is 1. The van der Waals surface area contributed by atoms with Gasteiger partial charge in [0, 0.05) is 6.20 Å². The second-order valence-corrected chi connectivity index (χ2v) is 3.70. The van der Waals surface area contributed by atoms with Crippen LogP contribution in [0.1, 0.15) is 26.8 Å². The lowest BCUT2D eigenvalue weighted by atomic mass is 10.3. The van der Waals surface area contributed by atoms with Crippen LogP contribution in [0.25, 0.3) is 0 Å². The number of nitrogen functional groups attached to an aromatic ring is 1. The summed E-state index contributed by atoms with van der Waals surface area (Å²) in [7, 11) is 0. The van der Waals surface area contributed by atoms with Gasteiger partial charge in [-0.05, 0) is 24.3 Å². The number of carboxylic acid groups (broad SMARTS) is 1. The van der Waals surface area contributed by atoms with Gasteiger partial charge in [0.1, 0.15) is 5.76 Å². The van der Waals surface area contributed by atoms with Crippen LogP contribution in [0.3, 0.4) is 0 Å². The van der Waals surface area contributed by atoms with Crippen molar-refractivity contribution in [2.24, 2.45) is 0 Å². The summed E-state index contributed by atoms with van der Waals surface area (Å²) in [5, 5.41) is 11.2.